The minimum absolute atomic E-state index is 0.325. The van der Waals surface area contributed by atoms with E-state index in [2.05, 4.69) is 0 Å². The molecule has 0 unspecified atom stereocenters. The van der Waals surface area contributed by atoms with E-state index in [1.54, 1.807) is 0 Å². The van der Waals surface area contributed by atoms with Crippen molar-refractivity contribution in [1.82, 2.24) is 0 Å². The highest BCUT2D eigenvalue weighted by atomic mass is 16.6. The number of benzene rings is 1. The third kappa shape index (κ3) is 4.26. The quantitative estimate of drug-likeness (QED) is 0.732. The molecule has 0 saturated heterocycles. The Bertz CT molecular complexity index is 337. The Morgan fingerprint density at radius 3 is 1.93 bits per heavy atom. The lowest BCUT2D eigenvalue weighted by Crippen LogP contribution is -1.99. The van der Waals surface area contributed by atoms with Gasteiger partial charge in [0, 0.05) is 11.5 Å². The molecule has 0 aromatic heterocycles. The first-order valence-corrected chi connectivity index (χ1v) is 4.62. The van der Waals surface area contributed by atoms with Crippen molar-refractivity contribution in [3.8, 4) is 0 Å². The van der Waals surface area contributed by atoms with Crippen LogP contribution in [0.1, 0.15) is 23.2 Å². The zero-order valence-corrected chi connectivity index (χ0v) is 8.09. The molecule has 4 nitrogen and oxygen atoms in total. The average Bonchev–Trinajstić information content (AvgIpc) is 3.00. The van der Waals surface area contributed by atoms with E-state index >= 15 is 0 Å². The third-order valence-electron chi connectivity index (χ3n) is 2.01. The van der Waals surface area contributed by atoms with Crippen molar-refractivity contribution in [2.45, 2.75) is 12.8 Å². The van der Waals surface area contributed by atoms with Crippen molar-refractivity contribution in [2.24, 2.45) is 5.92 Å². The predicted octanol–water partition coefficient (Wildman–Crippen LogP) is 2.50. The smallest absolute Gasteiger partial charge is 0.450 e. The van der Waals surface area contributed by atoms with E-state index in [9.17, 15) is 4.79 Å². The Morgan fingerprint density at radius 2 is 1.53 bits per heavy atom. The fourth-order valence-corrected chi connectivity index (χ4v) is 1.18. The van der Waals surface area contributed by atoms with Gasteiger partial charge in [-0.2, -0.15) is 0 Å². The summed E-state index contributed by atoms with van der Waals surface area (Å²) < 4.78 is 0. The standard InChI is InChI=1S/C10H10O.CH2O3/c11-10(9-6-7-9)8-4-2-1-3-5-8;2-1(3)4/h1-5,9H,6-7H2;(H2,2,3,4). The summed E-state index contributed by atoms with van der Waals surface area (Å²) in [6, 6.07) is 9.54. The Balaban J connectivity index is 0.000000245. The van der Waals surface area contributed by atoms with Gasteiger partial charge in [-0.15, -0.1) is 0 Å². The zero-order chi connectivity index (χ0) is 11.3. The van der Waals surface area contributed by atoms with E-state index in [4.69, 9.17) is 15.0 Å². The molecule has 1 aliphatic carbocycles. The van der Waals surface area contributed by atoms with Crippen LogP contribution in [0.3, 0.4) is 0 Å². The van der Waals surface area contributed by atoms with Crippen LogP contribution < -0.4 is 0 Å². The molecular weight excluding hydrogens is 196 g/mol. The molecule has 0 atom stereocenters. The molecule has 0 heterocycles. The fraction of sp³-hybridized carbons (Fsp3) is 0.273. The highest BCUT2D eigenvalue weighted by Gasteiger charge is 2.29. The summed E-state index contributed by atoms with van der Waals surface area (Å²) in [5, 5.41) is 13.9. The summed E-state index contributed by atoms with van der Waals surface area (Å²) in [6.45, 7) is 0. The van der Waals surface area contributed by atoms with Crippen LogP contribution in [0.5, 0.6) is 0 Å². The van der Waals surface area contributed by atoms with E-state index in [1.165, 1.54) is 0 Å². The second-order valence-corrected chi connectivity index (χ2v) is 3.29. The topological polar surface area (TPSA) is 74.6 Å². The second kappa shape index (κ2) is 5.14. The molecule has 0 amide bonds. The van der Waals surface area contributed by atoms with Crippen molar-refractivity contribution in [2.75, 3.05) is 0 Å². The van der Waals surface area contributed by atoms with E-state index in [1.807, 2.05) is 30.3 Å². The Hall–Kier alpha value is -1.84. The molecular formula is C11H12O4. The summed E-state index contributed by atoms with van der Waals surface area (Å²) in [5.74, 6) is 0.669. The van der Waals surface area contributed by atoms with Gasteiger partial charge in [0.05, 0.1) is 0 Å². The van der Waals surface area contributed by atoms with Crippen LogP contribution in [-0.2, 0) is 0 Å². The van der Waals surface area contributed by atoms with Crippen molar-refractivity contribution in [3.05, 3.63) is 35.9 Å². The molecule has 2 rings (SSSR count). The van der Waals surface area contributed by atoms with Gasteiger partial charge in [0.2, 0.25) is 0 Å². The van der Waals surface area contributed by atoms with Crippen LogP contribution in [0.2, 0.25) is 0 Å². The summed E-state index contributed by atoms with van der Waals surface area (Å²) in [4.78, 5) is 20.0. The molecule has 1 aromatic carbocycles. The minimum atomic E-state index is -1.83. The molecule has 0 bridgehead atoms. The molecule has 1 fully saturated rings. The van der Waals surface area contributed by atoms with Gasteiger partial charge in [-0.3, -0.25) is 4.79 Å². The number of rotatable bonds is 2. The van der Waals surface area contributed by atoms with Gasteiger partial charge < -0.3 is 10.2 Å². The van der Waals surface area contributed by atoms with Gasteiger partial charge in [0.1, 0.15) is 0 Å². The van der Waals surface area contributed by atoms with Gasteiger partial charge in [-0.05, 0) is 12.8 Å². The van der Waals surface area contributed by atoms with Gasteiger partial charge >= 0.3 is 6.16 Å². The lowest BCUT2D eigenvalue weighted by molar-refractivity contribution is 0.0967. The first-order valence-electron chi connectivity index (χ1n) is 4.62. The SMILES string of the molecule is O=C(O)O.O=C(c1ccccc1)C1CC1. The van der Waals surface area contributed by atoms with Crippen LogP contribution >= 0.6 is 0 Å². The number of carbonyl (C=O) groups excluding carboxylic acids is 1. The summed E-state index contributed by atoms with van der Waals surface area (Å²) in [5.41, 5.74) is 0.870. The number of hydrogen-bond donors (Lipinski definition) is 2. The van der Waals surface area contributed by atoms with Crippen LogP contribution in [0.4, 0.5) is 4.79 Å². The van der Waals surface area contributed by atoms with E-state index < -0.39 is 6.16 Å². The molecule has 0 spiro atoms. The third-order valence-corrected chi connectivity index (χ3v) is 2.01. The number of ketones is 1. The van der Waals surface area contributed by atoms with Crippen molar-refractivity contribution < 1.29 is 19.8 Å². The fourth-order valence-electron chi connectivity index (χ4n) is 1.18. The average molecular weight is 208 g/mol. The zero-order valence-electron chi connectivity index (χ0n) is 8.09. The van der Waals surface area contributed by atoms with Gasteiger partial charge in [-0.25, -0.2) is 4.79 Å². The number of carboxylic acid groups (broad SMARTS) is 2. The molecule has 1 aromatic rings. The van der Waals surface area contributed by atoms with Crippen LogP contribution in [0.25, 0.3) is 0 Å². The van der Waals surface area contributed by atoms with E-state index in [0.717, 1.165) is 18.4 Å². The molecule has 80 valence electrons. The second-order valence-electron chi connectivity index (χ2n) is 3.29. The Labute approximate surface area is 87.2 Å². The Kier molecular flexibility index (Phi) is 3.85. The molecule has 0 aliphatic heterocycles. The normalized spacial score (nSPS) is 13.6. The van der Waals surface area contributed by atoms with Crippen molar-refractivity contribution in [3.63, 3.8) is 0 Å². The predicted molar refractivity (Wildman–Crippen MR) is 54.2 cm³/mol. The maximum absolute atomic E-state index is 11.4. The van der Waals surface area contributed by atoms with Gasteiger partial charge in [0.15, 0.2) is 5.78 Å². The molecule has 1 saturated carbocycles. The maximum Gasteiger partial charge on any atom is 0.503 e. The minimum Gasteiger partial charge on any atom is -0.450 e. The Morgan fingerprint density at radius 1 is 1.07 bits per heavy atom. The molecule has 0 radical (unpaired) electrons. The first kappa shape index (κ1) is 11.2. The van der Waals surface area contributed by atoms with Crippen LogP contribution in [-0.4, -0.2) is 22.2 Å². The van der Waals surface area contributed by atoms with Gasteiger partial charge in [0.25, 0.3) is 0 Å². The first-order chi connectivity index (χ1) is 7.11. The highest BCUT2D eigenvalue weighted by molar-refractivity contribution is 5.99. The van der Waals surface area contributed by atoms with Crippen molar-refractivity contribution in [1.29, 1.82) is 0 Å². The number of hydrogen-bond acceptors (Lipinski definition) is 2. The van der Waals surface area contributed by atoms with Gasteiger partial charge in [-0.1, -0.05) is 30.3 Å². The number of carbonyl (C=O) groups is 2. The van der Waals surface area contributed by atoms with Crippen molar-refractivity contribution >= 4 is 11.9 Å². The molecule has 2 N–H and O–H groups in total. The lowest BCUT2D eigenvalue weighted by Gasteiger charge is -1.95. The number of Topliss-reactive ketones (excluding diaryl/α,β-unsaturated/α-hetero) is 1. The largest absolute Gasteiger partial charge is 0.503 e. The van der Waals surface area contributed by atoms with E-state index in [0.29, 0.717) is 11.7 Å². The summed E-state index contributed by atoms with van der Waals surface area (Å²) in [7, 11) is 0. The highest BCUT2D eigenvalue weighted by Crippen LogP contribution is 2.32. The molecule has 4 heteroatoms. The van der Waals surface area contributed by atoms with E-state index in [-0.39, 0.29) is 0 Å². The molecule has 15 heavy (non-hydrogen) atoms. The lowest BCUT2D eigenvalue weighted by atomic mass is 10.1. The maximum atomic E-state index is 11.4. The monoisotopic (exact) mass is 208 g/mol. The summed E-state index contributed by atoms with van der Waals surface area (Å²) >= 11 is 0. The van der Waals surface area contributed by atoms with Crippen LogP contribution in [0.15, 0.2) is 30.3 Å². The molecule has 1 aliphatic rings. The summed E-state index contributed by atoms with van der Waals surface area (Å²) in [6.07, 6.45) is 0.349. The van der Waals surface area contributed by atoms with Crippen LogP contribution in [0, 0.1) is 5.92 Å².